The summed E-state index contributed by atoms with van der Waals surface area (Å²) >= 11 is 1.66. The van der Waals surface area contributed by atoms with Crippen molar-refractivity contribution in [2.24, 2.45) is 0 Å². The number of amides is 1. The van der Waals surface area contributed by atoms with E-state index in [-0.39, 0.29) is 11.8 Å². The van der Waals surface area contributed by atoms with Crippen molar-refractivity contribution >= 4 is 17.2 Å². The van der Waals surface area contributed by atoms with Gasteiger partial charge in [-0.25, -0.2) is 0 Å². The van der Waals surface area contributed by atoms with Crippen LogP contribution >= 0.6 is 11.3 Å². The minimum absolute atomic E-state index is 0.0125. The van der Waals surface area contributed by atoms with Gasteiger partial charge >= 0.3 is 0 Å². The smallest absolute Gasteiger partial charge is 0.229 e. The van der Waals surface area contributed by atoms with Crippen molar-refractivity contribution in [1.29, 1.82) is 0 Å². The van der Waals surface area contributed by atoms with Gasteiger partial charge in [-0.2, -0.15) is 0 Å². The van der Waals surface area contributed by atoms with Crippen molar-refractivity contribution in [2.75, 3.05) is 0 Å². The van der Waals surface area contributed by atoms with Gasteiger partial charge in [0.2, 0.25) is 5.91 Å². The number of aryl methyl sites for hydroxylation is 1. The summed E-state index contributed by atoms with van der Waals surface area (Å²) in [4.78, 5) is 14.6. The predicted molar refractivity (Wildman–Crippen MR) is 77.8 cm³/mol. The molecule has 1 aromatic rings. The SMILES string of the molecule is C#CC(CC)(CC)NC(=O)C(C)c1ccc(C)s1. The number of terminal acetylenes is 1. The predicted octanol–water partition coefficient (Wildman–Crippen LogP) is 3.47. The third-order valence-electron chi connectivity index (χ3n) is 3.43. The van der Waals surface area contributed by atoms with Crippen LogP contribution in [0.5, 0.6) is 0 Å². The summed E-state index contributed by atoms with van der Waals surface area (Å²) in [6, 6.07) is 4.05. The lowest BCUT2D eigenvalue weighted by atomic mass is 9.93. The van der Waals surface area contributed by atoms with Crippen LogP contribution in [-0.4, -0.2) is 11.4 Å². The molecule has 1 rings (SSSR count). The van der Waals surface area contributed by atoms with Gasteiger partial charge in [0, 0.05) is 9.75 Å². The van der Waals surface area contributed by atoms with Crippen molar-refractivity contribution in [1.82, 2.24) is 5.32 Å². The van der Waals surface area contributed by atoms with E-state index in [2.05, 4.69) is 11.2 Å². The van der Waals surface area contributed by atoms with E-state index >= 15 is 0 Å². The summed E-state index contributed by atoms with van der Waals surface area (Å²) in [7, 11) is 0. The van der Waals surface area contributed by atoms with Gasteiger partial charge in [0.25, 0.3) is 0 Å². The molecule has 2 nitrogen and oxygen atoms in total. The highest BCUT2D eigenvalue weighted by Crippen LogP contribution is 2.25. The van der Waals surface area contributed by atoms with E-state index in [1.807, 2.05) is 39.8 Å². The molecule has 0 radical (unpaired) electrons. The Morgan fingerprint density at radius 2 is 2.11 bits per heavy atom. The van der Waals surface area contributed by atoms with Crippen LogP contribution in [0.1, 0.15) is 49.3 Å². The molecule has 0 bridgehead atoms. The molecule has 3 heteroatoms. The van der Waals surface area contributed by atoms with Gasteiger partial charge in [-0.3, -0.25) is 4.79 Å². The Labute approximate surface area is 114 Å². The molecule has 0 aliphatic heterocycles. The topological polar surface area (TPSA) is 29.1 Å². The van der Waals surface area contributed by atoms with E-state index in [0.29, 0.717) is 0 Å². The largest absolute Gasteiger partial charge is 0.339 e. The second kappa shape index (κ2) is 6.06. The Morgan fingerprint density at radius 3 is 2.50 bits per heavy atom. The second-order valence-electron chi connectivity index (χ2n) is 4.59. The first-order chi connectivity index (χ1) is 8.48. The normalized spacial score (nSPS) is 12.8. The van der Waals surface area contributed by atoms with Crippen LogP contribution in [0.3, 0.4) is 0 Å². The van der Waals surface area contributed by atoms with Crippen LogP contribution in [0.25, 0.3) is 0 Å². The first kappa shape index (κ1) is 14.8. The van der Waals surface area contributed by atoms with Gasteiger partial charge in [0.15, 0.2) is 0 Å². The number of carbonyl (C=O) groups excluding carboxylic acids is 1. The van der Waals surface area contributed by atoms with E-state index in [1.54, 1.807) is 11.3 Å². The van der Waals surface area contributed by atoms with E-state index < -0.39 is 5.54 Å². The van der Waals surface area contributed by atoms with Crippen LogP contribution < -0.4 is 5.32 Å². The Balaban J connectivity index is 2.80. The Hall–Kier alpha value is -1.27. The number of carbonyl (C=O) groups is 1. The molecule has 18 heavy (non-hydrogen) atoms. The van der Waals surface area contributed by atoms with Gasteiger partial charge in [-0.05, 0) is 38.8 Å². The zero-order valence-corrected chi connectivity index (χ0v) is 12.4. The fourth-order valence-corrected chi connectivity index (χ4v) is 2.75. The van der Waals surface area contributed by atoms with Crippen molar-refractivity contribution in [2.45, 2.75) is 52.0 Å². The molecular weight excluding hydrogens is 242 g/mol. The molecular formula is C15H21NOS. The maximum absolute atomic E-state index is 12.2. The average molecular weight is 263 g/mol. The van der Waals surface area contributed by atoms with Gasteiger partial charge in [0.05, 0.1) is 5.92 Å². The Kier molecular flexibility index (Phi) is 4.98. The molecule has 0 aliphatic carbocycles. The number of hydrogen-bond acceptors (Lipinski definition) is 2. The van der Waals surface area contributed by atoms with Crippen LogP contribution in [0.15, 0.2) is 12.1 Å². The van der Waals surface area contributed by atoms with Gasteiger partial charge in [-0.1, -0.05) is 19.8 Å². The Morgan fingerprint density at radius 1 is 1.50 bits per heavy atom. The highest BCUT2D eigenvalue weighted by Gasteiger charge is 2.28. The molecule has 0 saturated carbocycles. The minimum atomic E-state index is -0.502. The van der Waals surface area contributed by atoms with Crippen molar-refractivity contribution in [3.05, 3.63) is 21.9 Å². The van der Waals surface area contributed by atoms with Gasteiger partial charge in [-0.15, -0.1) is 17.8 Å². The molecule has 98 valence electrons. The zero-order valence-electron chi connectivity index (χ0n) is 11.5. The fraction of sp³-hybridized carbons (Fsp3) is 0.533. The third kappa shape index (κ3) is 3.14. The summed E-state index contributed by atoms with van der Waals surface area (Å²) in [5.74, 6) is 2.60. The van der Waals surface area contributed by atoms with E-state index in [0.717, 1.165) is 17.7 Å². The van der Waals surface area contributed by atoms with Crippen LogP contribution in [-0.2, 0) is 4.79 Å². The number of rotatable bonds is 5. The lowest BCUT2D eigenvalue weighted by Gasteiger charge is -2.28. The molecule has 1 amide bonds. The summed E-state index contributed by atoms with van der Waals surface area (Å²) in [6.45, 7) is 7.98. The van der Waals surface area contributed by atoms with Crippen molar-refractivity contribution < 1.29 is 4.79 Å². The quantitative estimate of drug-likeness (QED) is 0.810. The lowest BCUT2D eigenvalue weighted by Crippen LogP contribution is -2.47. The summed E-state index contributed by atoms with van der Waals surface area (Å²) in [5, 5.41) is 3.02. The molecule has 1 N–H and O–H groups in total. The lowest BCUT2D eigenvalue weighted by molar-refractivity contribution is -0.123. The van der Waals surface area contributed by atoms with Crippen LogP contribution in [0, 0.1) is 19.3 Å². The van der Waals surface area contributed by atoms with Crippen molar-refractivity contribution in [3.63, 3.8) is 0 Å². The molecule has 1 atom stereocenters. The number of thiophene rings is 1. The summed E-state index contributed by atoms with van der Waals surface area (Å²) in [6.07, 6.45) is 7.06. The molecule has 0 aromatic carbocycles. The maximum Gasteiger partial charge on any atom is 0.229 e. The van der Waals surface area contributed by atoms with Gasteiger partial charge in [0.1, 0.15) is 5.54 Å². The van der Waals surface area contributed by atoms with E-state index in [4.69, 9.17) is 6.42 Å². The maximum atomic E-state index is 12.2. The summed E-state index contributed by atoms with van der Waals surface area (Å²) in [5.41, 5.74) is -0.502. The monoisotopic (exact) mass is 263 g/mol. The number of nitrogens with one attached hydrogen (secondary N) is 1. The van der Waals surface area contributed by atoms with E-state index in [1.165, 1.54) is 4.88 Å². The Bertz CT molecular complexity index is 451. The van der Waals surface area contributed by atoms with E-state index in [9.17, 15) is 4.79 Å². The fourth-order valence-electron chi connectivity index (χ4n) is 1.83. The van der Waals surface area contributed by atoms with Gasteiger partial charge < -0.3 is 5.32 Å². The molecule has 1 unspecified atom stereocenters. The number of hydrogen-bond donors (Lipinski definition) is 1. The highest BCUT2D eigenvalue weighted by molar-refractivity contribution is 7.12. The van der Waals surface area contributed by atoms with Crippen LogP contribution in [0.4, 0.5) is 0 Å². The van der Waals surface area contributed by atoms with Crippen molar-refractivity contribution in [3.8, 4) is 12.3 Å². The standard InChI is InChI=1S/C15H21NOS/c1-6-15(7-2,8-3)16-14(17)12(5)13-10-9-11(4)18-13/h1,9-10,12H,7-8H2,2-5H3,(H,16,17). The third-order valence-corrected chi connectivity index (χ3v) is 4.61. The molecule has 0 aliphatic rings. The minimum Gasteiger partial charge on any atom is -0.339 e. The second-order valence-corrected chi connectivity index (χ2v) is 5.91. The average Bonchev–Trinajstić information content (AvgIpc) is 2.81. The summed E-state index contributed by atoms with van der Waals surface area (Å²) < 4.78 is 0. The first-order valence-corrected chi connectivity index (χ1v) is 7.15. The molecule has 0 fully saturated rings. The molecule has 0 spiro atoms. The molecule has 0 saturated heterocycles. The highest BCUT2D eigenvalue weighted by atomic mass is 32.1. The molecule has 1 heterocycles. The van der Waals surface area contributed by atoms with Crippen LogP contribution in [0.2, 0.25) is 0 Å². The zero-order chi connectivity index (χ0) is 13.8. The first-order valence-electron chi connectivity index (χ1n) is 6.34. The molecule has 1 aromatic heterocycles.